The number of rotatable bonds is 8. The fraction of sp³-hybridized carbons (Fsp3) is 0.240. The fourth-order valence-electron chi connectivity index (χ4n) is 3.52. The van der Waals surface area contributed by atoms with Crippen LogP contribution in [0.4, 0.5) is 11.6 Å². The second-order valence-corrected chi connectivity index (χ2v) is 7.13. The van der Waals surface area contributed by atoms with Gasteiger partial charge < -0.3 is 10.6 Å². The molecule has 0 fully saturated rings. The molecule has 5 nitrogen and oxygen atoms in total. The molecule has 0 aliphatic heterocycles. The summed E-state index contributed by atoms with van der Waals surface area (Å²) in [7, 11) is 0. The van der Waals surface area contributed by atoms with Gasteiger partial charge in [0.05, 0.1) is 11.8 Å². The number of anilines is 2. The molecule has 1 aromatic heterocycles. The molecule has 2 amide bonds. The van der Waals surface area contributed by atoms with Crippen LogP contribution in [0.1, 0.15) is 49.7 Å². The van der Waals surface area contributed by atoms with E-state index in [0.29, 0.717) is 24.5 Å². The Kier molecular flexibility index (Phi) is 7.33. The van der Waals surface area contributed by atoms with Crippen molar-refractivity contribution in [1.82, 2.24) is 4.98 Å². The molecule has 5 heteroatoms. The number of amides is 2. The molecule has 3 rings (SSSR count). The molecule has 0 spiro atoms. The Morgan fingerprint density at radius 2 is 1.07 bits per heavy atom. The minimum Gasteiger partial charge on any atom is -0.310 e. The lowest BCUT2D eigenvalue weighted by atomic mass is 9.95. The Balaban J connectivity index is 1.70. The zero-order valence-electron chi connectivity index (χ0n) is 17.3. The Morgan fingerprint density at radius 1 is 0.667 bits per heavy atom. The maximum Gasteiger partial charge on any atom is 0.233 e. The van der Waals surface area contributed by atoms with Crippen molar-refractivity contribution >= 4 is 23.5 Å². The largest absolute Gasteiger partial charge is 0.310 e. The van der Waals surface area contributed by atoms with Crippen LogP contribution in [-0.2, 0) is 9.59 Å². The van der Waals surface area contributed by atoms with E-state index >= 15 is 0 Å². The van der Waals surface area contributed by atoms with Gasteiger partial charge in [-0.3, -0.25) is 9.59 Å². The van der Waals surface area contributed by atoms with E-state index in [9.17, 15) is 9.59 Å². The van der Waals surface area contributed by atoms with Crippen molar-refractivity contribution in [2.75, 3.05) is 10.6 Å². The molecular weight excluding hydrogens is 374 g/mol. The number of carbonyl (C=O) groups is 2. The summed E-state index contributed by atoms with van der Waals surface area (Å²) in [6.45, 7) is 3.96. The van der Waals surface area contributed by atoms with Gasteiger partial charge in [0, 0.05) is 0 Å². The van der Waals surface area contributed by atoms with Crippen molar-refractivity contribution in [3.63, 3.8) is 0 Å². The monoisotopic (exact) mass is 401 g/mol. The number of aromatic nitrogens is 1. The number of carbonyl (C=O) groups excluding carboxylic acids is 2. The maximum atomic E-state index is 12.8. The van der Waals surface area contributed by atoms with Gasteiger partial charge in [0.1, 0.15) is 11.6 Å². The van der Waals surface area contributed by atoms with Crippen molar-refractivity contribution in [3.05, 3.63) is 90.0 Å². The molecule has 30 heavy (non-hydrogen) atoms. The molecule has 154 valence electrons. The predicted octanol–water partition coefficient (Wildman–Crippen LogP) is 5.35. The third-order valence-electron chi connectivity index (χ3n) is 5.10. The van der Waals surface area contributed by atoms with Crippen molar-refractivity contribution in [2.45, 2.75) is 38.5 Å². The lowest BCUT2D eigenvalue weighted by Crippen LogP contribution is -2.23. The third kappa shape index (κ3) is 5.32. The van der Waals surface area contributed by atoms with Crippen LogP contribution in [0.25, 0.3) is 0 Å². The summed E-state index contributed by atoms with van der Waals surface area (Å²) in [5.41, 5.74) is 1.94. The summed E-state index contributed by atoms with van der Waals surface area (Å²) in [6, 6.07) is 24.6. The van der Waals surface area contributed by atoms with Crippen LogP contribution < -0.4 is 10.6 Å². The quantitative estimate of drug-likeness (QED) is 0.535. The van der Waals surface area contributed by atoms with E-state index in [0.717, 1.165) is 11.1 Å². The lowest BCUT2D eigenvalue weighted by Gasteiger charge is -2.17. The van der Waals surface area contributed by atoms with E-state index in [1.54, 1.807) is 18.2 Å². The van der Waals surface area contributed by atoms with Gasteiger partial charge >= 0.3 is 0 Å². The van der Waals surface area contributed by atoms with Crippen LogP contribution in [0.3, 0.4) is 0 Å². The highest BCUT2D eigenvalue weighted by molar-refractivity contribution is 5.97. The molecule has 2 N–H and O–H groups in total. The van der Waals surface area contributed by atoms with Crippen LogP contribution in [-0.4, -0.2) is 16.8 Å². The molecule has 0 saturated heterocycles. The summed E-state index contributed by atoms with van der Waals surface area (Å²) >= 11 is 0. The third-order valence-corrected chi connectivity index (χ3v) is 5.10. The summed E-state index contributed by atoms with van der Waals surface area (Å²) < 4.78 is 0. The van der Waals surface area contributed by atoms with E-state index in [-0.39, 0.29) is 23.7 Å². The second-order valence-electron chi connectivity index (χ2n) is 7.13. The molecule has 0 radical (unpaired) electrons. The van der Waals surface area contributed by atoms with Crippen LogP contribution in [0.2, 0.25) is 0 Å². The lowest BCUT2D eigenvalue weighted by molar-refractivity contribution is -0.118. The Hall–Kier alpha value is -3.47. The highest BCUT2D eigenvalue weighted by atomic mass is 16.2. The molecule has 3 aromatic rings. The summed E-state index contributed by atoms with van der Waals surface area (Å²) in [6.07, 6.45) is 1.36. The number of benzene rings is 2. The molecule has 0 aliphatic carbocycles. The van der Waals surface area contributed by atoms with Gasteiger partial charge in [0.15, 0.2) is 0 Å². The number of nitrogens with one attached hydrogen (secondary N) is 2. The van der Waals surface area contributed by atoms with E-state index < -0.39 is 0 Å². The molecule has 2 aromatic carbocycles. The van der Waals surface area contributed by atoms with Gasteiger partial charge in [-0.05, 0) is 36.1 Å². The zero-order valence-corrected chi connectivity index (χ0v) is 17.3. The second kappa shape index (κ2) is 10.3. The van der Waals surface area contributed by atoms with Gasteiger partial charge in [0.2, 0.25) is 11.8 Å². The van der Waals surface area contributed by atoms with E-state index in [1.165, 1.54) is 0 Å². The fourth-order valence-corrected chi connectivity index (χ4v) is 3.52. The minimum absolute atomic E-state index is 0.115. The molecule has 0 bridgehead atoms. The Labute approximate surface area is 177 Å². The van der Waals surface area contributed by atoms with Crippen LogP contribution in [0.5, 0.6) is 0 Å². The summed E-state index contributed by atoms with van der Waals surface area (Å²) in [4.78, 5) is 30.0. The predicted molar refractivity (Wildman–Crippen MR) is 120 cm³/mol. The first-order chi connectivity index (χ1) is 14.6. The first-order valence-electron chi connectivity index (χ1n) is 10.3. The van der Waals surface area contributed by atoms with Crippen molar-refractivity contribution < 1.29 is 9.59 Å². The topological polar surface area (TPSA) is 71.1 Å². The van der Waals surface area contributed by atoms with Crippen molar-refractivity contribution in [2.24, 2.45) is 0 Å². The SMILES string of the molecule is CC[C@@H](C(=O)Nc1cccc(NC(=O)[C@H](CC)c2ccccc2)n1)c1ccccc1. The van der Waals surface area contributed by atoms with Crippen LogP contribution >= 0.6 is 0 Å². The molecule has 0 unspecified atom stereocenters. The van der Waals surface area contributed by atoms with E-state index in [1.807, 2.05) is 74.5 Å². The van der Waals surface area contributed by atoms with Gasteiger partial charge in [-0.15, -0.1) is 0 Å². The van der Waals surface area contributed by atoms with Crippen LogP contribution in [0.15, 0.2) is 78.9 Å². The van der Waals surface area contributed by atoms with Gasteiger partial charge in [0.25, 0.3) is 0 Å². The first kappa shape index (κ1) is 21.2. The Morgan fingerprint density at radius 3 is 1.43 bits per heavy atom. The van der Waals surface area contributed by atoms with Crippen molar-refractivity contribution in [3.8, 4) is 0 Å². The Bertz CT molecular complexity index is 897. The highest BCUT2D eigenvalue weighted by Gasteiger charge is 2.21. The average Bonchev–Trinajstić information content (AvgIpc) is 2.76. The zero-order chi connectivity index (χ0) is 21.3. The smallest absolute Gasteiger partial charge is 0.233 e. The molecule has 0 saturated carbocycles. The molecular formula is C25H27N3O2. The number of nitrogens with zero attached hydrogens (tertiary/aromatic N) is 1. The molecule has 2 atom stereocenters. The average molecular weight is 402 g/mol. The van der Waals surface area contributed by atoms with Gasteiger partial charge in [-0.25, -0.2) is 4.98 Å². The molecule has 0 aliphatic rings. The van der Waals surface area contributed by atoms with Crippen molar-refractivity contribution in [1.29, 1.82) is 0 Å². The number of hydrogen-bond acceptors (Lipinski definition) is 3. The maximum absolute atomic E-state index is 12.8. The van der Waals surface area contributed by atoms with E-state index in [2.05, 4.69) is 15.6 Å². The van der Waals surface area contributed by atoms with Gasteiger partial charge in [-0.2, -0.15) is 0 Å². The summed E-state index contributed by atoms with van der Waals surface area (Å²) in [5.74, 6) is 0.0910. The number of pyridine rings is 1. The van der Waals surface area contributed by atoms with Crippen LogP contribution in [0, 0.1) is 0 Å². The first-order valence-corrected chi connectivity index (χ1v) is 10.3. The van der Waals surface area contributed by atoms with E-state index in [4.69, 9.17) is 0 Å². The standard InChI is InChI=1S/C25H27N3O2/c1-3-20(18-12-7-5-8-13-18)24(29)27-22-16-11-17-23(26-22)28-25(30)21(4-2)19-14-9-6-10-15-19/h5-17,20-21H,3-4H2,1-2H3,(H2,26,27,28,29,30)/t20-,21-/m1/s1. The highest BCUT2D eigenvalue weighted by Crippen LogP contribution is 2.23. The van der Waals surface area contributed by atoms with Gasteiger partial charge in [-0.1, -0.05) is 80.6 Å². The number of hydrogen-bond donors (Lipinski definition) is 2. The molecule has 1 heterocycles. The minimum atomic E-state index is -0.256. The summed E-state index contributed by atoms with van der Waals surface area (Å²) in [5, 5.41) is 5.76. The normalized spacial score (nSPS) is 12.6.